The van der Waals surface area contributed by atoms with Crippen molar-refractivity contribution in [2.45, 2.75) is 25.7 Å². The fourth-order valence-electron chi connectivity index (χ4n) is 3.47. The first-order valence-corrected chi connectivity index (χ1v) is 7.93. The summed E-state index contributed by atoms with van der Waals surface area (Å²) < 4.78 is 13.8. The van der Waals surface area contributed by atoms with Gasteiger partial charge in [-0.3, -0.25) is 4.79 Å². The molecule has 0 bridgehead atoms. The second kappa shape index (κ2) is 7.16. The van der Waals surface area contributed by atoms with E-state index >= 15 is 0 Å². The molecule has 22 heavy (non-hydrogen) atoms. The Bertz CT molecular complexity index is 537. The Morgan fingerprint density at radius 2 is 1.82 bits per heavy atom. The van der Waals surface area contributed by atoms with E-state index in [-0.39, 0.29) is 23.9 Å². The first-order chi connectivity index (χ1) is 10.1. The van der Waals surface area contributed by atoms with Gasteiger partial charge in [-0.1, -0.05) is 11.6 Å². The molecule has 2 fully saturated rings. The highest BCUT2D eigenvalue weighted by atomic mass is 35.5. The van der Waals surface area contributed by atoms with E-state index < -0.39 is 5.82 Å². The van der Waals surface area contributed by atoms with Crippen LogP contribution in [0, 0.1) is 11.2 Å². The summed E-state index contributed by atoms with van der Waals surface area (Å²) in [6, 6.07) is 4.15. The maximum atomic E-state index is 13.8. The van der Waals surface area contributed by atoms with Crippen molar-refractivity contribution in [2.24, 2.45) is 5.41 Å². The summed E-state index contributed by atoms with van der Waals surface area (Å²) in [6.07, 6.45) is 4.40. The molecule has 0 saturated carbocycles. The SMILES string of the molecule is Cl.O=C(c1cc(Cl)ccc1F)N1CCC2(CCNCC2)CC1. The fraction of sp³-hybridized carbons (Fsp3) is 0.562. The number of likely N-dealkylation sites (tertiary alicyclic amines) is 1. The minimum atomic E-state index is -0.494. The van der Waals surface area contributed by atoms with Crippen LogP contribution in [0.5, 0.6) is 0 Å². The van der Waals surface area contributed by atoms with E-state index in [0.29, 0.717) is 23.5 Å². The predicted octanol–water partition coefficient (Wildman–Crippen LogP) is 3.51. The number of carbonyl (C=O) groups excluding carboxylic acids is 1. The highest BCUT2D eigenvalue weighted by Gasteiger charge is 2.37. The molecule has 2 aliphatic heterocycles. The highest BCUT2D eigenvalue weighted by Crippen LogP contribution is 2.39. The third-order valence-corrected chi connectivity index (χ3v) is 5.17. The highest BCUT2D eigenvalue weighted by molar-refractivity contribution is 6.31. The van der Waals surface area contributed by atoms with Crippen LogP contribution in [0.2, 0.25) is 5.02 Å². The van der Waals surface area contributed by atoms with E-state index in [1.807, 2.05) is 0 Å². The fourth-order valence-corrected chi connectivity index (χ4v) is 3.65. The number of amides is 1. The van der Waals surface area contributed by atoms with E-state index in [0.717, 1.165) is 25.9 Å². The molecular formula is C16H21Cl2FN2O. The van der Waals surface area contributed by atoms with E-state index in [1.54, 1.807) is 4.90 Å². The number of carbonyl (C=O) groups is 1. The number of hydrogen-bond acceptors (Lipinski definition) is 2. The van der Waals surface area contributed by atoms with Gasteiger partial charge in [0.25, 0.3) is 5.91 Å². The van der Waals surface area contributed by atoms with Crippen LogP contribution in [0.25, 0.3) is 0 Å². The number of rotatable bonds is 1. The molecule has 1 aromatic carbocycles. The first kappa shape index (κ1) is 17.5. The van der Waals surface area contributed by atoms with Gasteiger partial charge in [-0.25, -0.2) is 4.39 Å². The molecule has 122 valence electrons. The largest absolute Gasteiger partial charge is 0.339 e. The molecular weight excluding hydrogens is 326 g/mol. The van der Waals surface area contributed by atoms with Crippen LogP contribution in [-0.4, -0.2) is 37.0 Å². The Morgan fingerprint density at radius 3 is 2.45 bits per heavy atom. The molecule has 1 aromatic rings. The number of piperidine rings is 2. The summed E-state index contributed by atoms with van der Waals surface area (Å²) in [7, 11) is 0. The molecule has 1 amide bonds. The van der Waals surface area contributed by atoms with Crippen molar-refractivity contribution < 1.29 is 9.18 Å². The molecule has 0 unspecified atom stereocenters. The van der Waals surface area contributed by atoms with Gasteiger partial charge in [-0.2, -0.15) is 0 Å². The summed E-state index contributed by atoms with van der Waals surface area (Å²) in [5, 5.41) is 3.78. The normalized spacial score (nSPS) is 20.5. The number of benzene rings is 1. The van der Waals surface area contributed by atoms with Crippen molar-refractivity contribution in [1.29, 1.82) is 0 Å². The zero-order valence-corrected chi connectivity index (χ0v) is 14.0. The minimum Gasteiger partial charge on any atom is -0.339 e. The minimum absolute atomic E-state index is 0. The second-order valence-corrected chi connectivity index (χ2v) is 6.60. The quantitative estimate of drug-likeness (QED) is 0.843. The summed E-state index contributed by atoms with van der Waals surface area (Å²) in [4.78, 5) is 14.2. The van der Waals surface area contributed by atoms with E-state index in [4.69, 9.17) is 11.6 Å². The van der Waals surface area contributed by atoms with Gasteiger partial charge in [0.1, 0.15) is 5.82 Å². The lowest BCUT2D eigenvalue weighted by Crippen LogP contribution is -2.47. The lowest BCUT2D eigenvalue weighted by Gasteiger charge is -2.44. The van der Waals surface area contributed by atoms with Gasteiger partial charge >= 0.3 is 0 Å². The van der Waals surface area contributed by atoms with Crippen molar-refractivity contribution in [2.75, 3.05) is 26.2 Å². The van der Waals surface area contributed by atoms with Crippen LogP contribution in [-0.2, 0) is 0 Å². The lowest BCUT2D eigenvalue weighted by atomic mass is 9.71. The van der Waals surface area contributed by atoms with Crippen molar-refractivity contribution >= 4 is 29.9 Å². The van der Waals surface area contributed by atoms with Crippen molar-refractivity contribution in [3.05, 3.63) is 34.6 Å². The second-order valence-electron chi connectivity index (χ2n) is 6.17. The summed E-state index contributed by atoms with van der Waals surface area (Å²) in [5.74, 6) is -0.731. The topological polar surface area (TPSA) is 32.3 Å². The summed E-state index contributed by atoms with van der Waals surface area (Å²) >= 11 is 5.87. The molecule has 2 saturated heterocycles. The van der Waals surface area contributed by atoms with Gasteiger partial charge < -0.3 is 10.2 Å². The lowest BCUT2D eigenvalue weighted by molar-refractivity contribution is 0.0492. The number of nitrogens with one attached hydrogen (secondary N) is 1. The molecule has 6 heteroatoms. The Balaban J connectivity index is 0.00000176. The van der Waals surface area contributed by atoms with E-state index in [9.17, 15) is 9.18 Å². The zero-order valence-electron chi connectivity index (χ0n) is 12.4. The maximum absolute atomic E-state index is 13.8. The van der Waals surface area contributed by atoms with Crippen molar-refractivity contribution in [3.8, 4) is 0 Å². The molecule has 2 aliphatic rings. The molecule has 1 N–H and O–H groups in total. The molecule has 0 aliphatic carbocycles. The third-order valence-electron chi connectivity index (χ3n) is 4.93. The molecule has 3 nitrogen and oxygen atoms in total. The Kier molecular flexibility index (Phi) is 5.70. The third kappa shape index (κ3) is 3.55. The monoisotopic (exact) mass is 346 g/mol. The van der Waals surface area contributed by atoms with E-state index in [1.165, 1.54) is 31.0 Å². The molecule has 3 rings (SSSR count). The first-order valence-electron chi connectivity index (χ1n) is 7.55. The standard InChI is InChI=1S/C16H20ClFN2O.ClH/c17-12-1-2-14(18)13(11-12)15(21)20-9-5-16(6-10-20)3-7-19-8-4-16;/h1-2,11,19H,3-10H2;1H. The molecule has 0 aromatic heterocycles. The van der Waals surface area contributed by atoms with Gasteiger partial charge in [0.2, 0.25) is 0 Å². The maximum Gasteiger partial charge on any atom is 0.256 e. The van der Waals surface area contributed by atoms with E-state index in [2.05, 4.69) is 5.32 Å². The van der Waals surface area contributed by atoms with Gasteiger partial charge in [0.05, 0.1) is 5.56 Å². The number of nitrogens with zero attached hydrogens (tertiary/aromatic N) is 1. The summed E-state index contributed by atoms with van der Waals surface area (Å²) in [6.45, 7) is 3.56. The van der Waals surface area contributed by atoms with Crippen molar-refractivity contribution in [3.63, 3.8) is 0 Å². The van der Waals surface area contributed by atoms with Gasteiger partial charge in [0.15, 0.2) is 0 Å². The van der Waals surface area contributed by atoms with Crippen LogP contribution in [0.3, 0.4) is 0 Å². The number of hydrogen-bond donors (Lipinski definition) is 1. The Morgan fingerprint density at radius 1 is 1.18 bits per heavy atom. The Hall–Kier alpha value is -0.840. The summed E-state index contributed by atoms with van der Waals surface area (Å²) in [5.41, 5.74) is 0.471. The van der Waals surface area contributed by atoms with Crippen LogP contribution in [0.15, 0.2) is 18.2 Å². The molecule has 1 spiro atoms. The zero-order chi connectivity index (χ0) is 14.9. The van der Waals surface area contributed by atoms with Crippen molar-refractivity contribution in [1.82, 2.24) is 10.2 Å². The average Bonchev–Trinajstić information content (AvgIpc) is 2.51. The Labute approximate surface area is 141 Å². The van der Waals surface area contributed by atoms with Gasteiger partial charge in [0, 0.05) is 18.1 Å². The van der Waals surface area contributed by atoms with Crippen LogP contribution in [0.1, 0.15) is 36.0 Å². The average molecular weight is 347 g/mol. The predicted molar refractivity (Wildman–Crippen MR) is 88.3 cm³/mol. The van der Waals surface area contributed by atoms with Gasteiger partial charge in [-0.15, -0.1) is 12.4 Å². The van der Waals surface area contributed by atoms with Crippen LogP contribution in [0.4, 0.5) is 4.39 Å². The molecule has 0 atom stereocenters. The molecule has 0 radical (unpaired) electrons. The van der Waals surface area contributed by atoms with Crippen LogP contribution < -0.4 is 5.32 Å². The van der Waals surface area contributed by atoms with Gasteiger partial charge in [-0.05, 0) is 62.4 Å². The molecule has 2 heterocycles. The smallest absolute Gasteiger partial charge is 0.256 e. The number of halogens is 3. The van der Waals surface area contributed by atoms with Crippen LogP contribution >= 0.6 is 24.0 Å².